The Morgan fingerprint density at radius 3 is 2.75 bits per heavy atom. The number of nitrogens with zero attached hydrogens (tertiary/aromatic N) is 2. The first-order chi connectivity index (χ1) is 5.58. The highest BCUT2D eigenvalue weighted by Crippen LogP contribution is 2.26. The van der Waals surface area contributed by atoms with Gasteiger partial charge in [0.05, 0.1) is 11.7 Å². The Labute approximate surface area is 70.3 Å². The minimum Gasteiger partial charge on any atom is -0.361 e. The molecule has 1 aromatic heterocycles. The van der Waals surface area contributed by atoms with Gasteiger partial charge in [-0.25, -0.2) is 4.79 Å². The van der Waals surface area contributed by atoms with Crippen molar-refractivity contribution in [3.8, 4) is 0 Å². The van der Waals surface area contributed by atoms with Crippen LogP contribution >= 0.6 is 0 Å². The van der Waals surface area contributed by atoms with Crippen LogP contribution in [0, 0.1) is 6.92 Å². The Bertz CT molecular complexity index is 322. The van der Waals surface area contributed by atoms with E-state index < -0.39 is 5.54 Å². The zero-order chi connectivity index (χ0) is 9.19. The number of rotatable bonds is 2. The van der Waals surface area contributed by atoms with Gasteiger partial charge in [-0.05, 0) is 20.8 Å². The highest BCUT2D eigenvalue weighted by atomic mass is 16.5. The number of isocyanates is 1. The van der Waals surface area contributed by atoms with Crippen molar-refractivity contribution in [3.63, 3.8) is 0 Å². The Balaban J connectivity index is 3.12. The summed E-state index contributed by atoms with van der Waals surface area (Å²) in [6, 6.07) is 0. The van der Waals surface area contributed by atoms with E-state index in [0.29, 0.717) is 5.76 Å². The van der Waals surface area contributed by atoms with Crippen molar-refractivity contribution in [2.75, 3.05) is 0 Å². The highest BCUT2D eigenvalue weighted by molar-refractivity contribution is 5.37. The van der Waals surface area contributed by atoms with E-state index >= 15 is 0 Å². The third-order valence-corrected chi connectivity index (χ3v) is 1.74. The lowest BCUT2D eigenvalue weighted by atomic mass is 9.97. The molecule has 0 radical (unpaired) electrons. The molecule has 0 aliphatic heterocycles. The number of aryl methyl sites for hydroxylation is 1. The van der Waals surface area contributed by atoms with Gasteiger partial charge in [0.15, 0.2) is 0 Å². The molecule has 0 saturated carbocycles. The van der Waals surface area contributed by atoms with Crippen LogP contribution in [0.25, 0.3) is 0 Å². The second-order valence-corrected chi connectivity index (χ2v) is 3.06. The van der Waals surface area contributed by atoms with Crippen molar-refractivity contribution in [3.05, 3.63) is 17.5 Å². The van der Waals surface area contributed by atoms with Gasteiger partial charge < -0.3 is 4.52 Å². The van der Waals surface area contributed by atoms with E-state index in [0.717, 1.165) is 5.56 Å². The minimum absolute atomic E-state index is 0.591. The molecule has 1 heterocycles. The fourth-order valence-electron chi connectivity index (χ4n) is 1.06. The normalized spacial score (nSPS) is 10.9. The van der Waals surface area contributed by atoms with Crippen molar-refractivity contribution in [2.45, 2.75) is 26.3 Å². The van der Waals surface area contributed by atoms with Gasteiger partial charge >= 0.3 is 0 Å². The summed E-state index contributed by atoms with van der Waals surface area (Å²) in [5.74, 6) is 0.680. The molecule has 0 bridgehead atoms. The summed E-state index contributed by atoms with van der Waals surface area (Å²) >= 11 is 0. The Morgan fingerprint density at radius 2 is 2.33 bits per heavy atom. The van der Waals surface area contributed by atoms with Crippen LogP contribution in [0.15, 0.2) is 15.7 Å². The molecule has 64 valence electrons. The monoisotopic (exact) mass is 166 g/mol. The summed E-state index contributed by atoms with van der Waals surface area (Å²) in [7, 11) is 0. The summed E-state index contributed by atoms with van der Waals surface area (Å²) < 4.78 is 4.86. The van der Waals surface area contributed by atoms with E-state index in [-0.39, 0.29) is 0 Å². The molecule has 0 aliphatic rings. The first-order valence-corrected chi connectivity index (χ1v) is 3.58. The maximum atomic E-state index is 10.1. The van der Waals surface area contributed by atoms with Crippen LogP contribution in [-0.4, -0.2) is 11.2 Å². The van der Waals surface area contributed by atoms with Crippen molar-refractivity contribution in [1.82, 2.24) is 5.16 Å². The van der Waals surface area contributed by atoms with Gasteiger partial charge in [0.2, 0.25) is 6.08 Å². The van der Waals surface area contributed by atoms with Gasteiger partial charge in [-0.3, -0.25) is 0 Å². The van der Waals surface area contributed by atoms with Gasteiger partial charge in [0, 0.05) is 5.56 Å². The van der Waals surface area contributed by atoms with Gasteiger partial charge in [0.25, 0.3) is 0 Å². The van der Waals surface area contributed by atoms with Crippen LogP contribution in [0.5, 0.6) is 0 Å². The summed E-state index contributed by atoms with van der Waals surface area (Å²) in [5.41, 5.74) is 0.220. The molecule has 0 saturated heterocycles. The third-order valence-electron chi connectivity index (χ3n) is 1.74. The molecule has 4 nitrogen and oxygen atoms in total. The van der Waals surface area contributed by atoms with E-state index in [1.807, 2.05) is 0 Å². The lowest BCUT2D eigenvalue weighted by Gasteiger charge is -2.14. The lowest BCUT2D eigenvalue weighted by molar-refractivity contribution is 0.392. The molecule has 1 aromatic rings. The number of carbonyl (C=O) groups excluding carboxylic acids is 1. The first-order valence-electron chi connectivity index (χ1n) is 3.58. The lowest BCUT2D eigenvalue weighted by Crippen LogP contribution is -2.13. The van der Waals surface area contributed by atoms with Gasteiger partial charge in [0.1, 0.15) is 5.76 Å². The van der Waals surface area contributed by atoms with Gasteiger partial charge in [-0.2, -0.15) is 4.99 Å². The van der Waals surface area contributed by atoms with E-state index in [4.69, 9.17) is 4.52 Å². The molecule has 0 fully saturated rings. The Kier molecular flexibility index (Phi) is 2.11. The molecular formula is C8H10N2O2. The summed E-state index contributed by atoms with van der Waals surface area (Å²) in [4.78, 5) is 13.7. The molecular weight excluding hydrogens is 156 g/mol. The van der Waals surface area contributed by atoms with Crippen LogP contribution < -0.4 is 0 Å². The fourth-order valence-corrected chi connectivity index (χ4v) is 1.06. The molecule has 0 amide bonds. The quantitative estimate of drug-likeness (QED) is 0.494. The SMILES string of the molecule is Cc1oncc1C(C)(C)N=C=O. The van der Waals surface area contributed by atoms with Gasteiger partial charge in [-0.15, -0.1) is 0 Å². The topological polar surface area (TPSA) is 55.5 Å². The minimum atomic E-state index is -0.591. The van der Waals surface area contributed by atoms with E-state index in [2.05, 4.69) is 10.1 Å². The average Bonchev–Trinajstić information content (AvgIpc) is 2.35. The third kappa shape index (κ3) is 1.43. The number of aliphatic imine (C=N–C) groups is 1. The smallest absolute Gasteiger partial charge is 0.235 e. The summed E-state index contributed by atoms with van der Waals surface area (Å²) in [5, 5.41) is 3.61. The van der Waals surface area contributed by atoms with Crippen molar-refractivity contribution >= 4 is 6.08 Å². The second-order valence-electron chi connectivity index (χ2n) is 3.06. The molecule has 1 rings (SSSR count). The van der Waals surface area contributed by atoms with Crippen LogP contribution in [0.4, 0.5) is 0 Å². The van der Waals surface area contributed by atoms with Crippen LogP contribution in [0.1, 0.15) is 25.2 Å². The molecule has 0 atom stereocenters. The molecule has 0 aliphatic carbocycles. The predicted molar refractivity (Wildman–Crippen MR) is 42.4 cm³/mol. The van der Waals surface area contributed by atoms with E-state index in [1.165, 1.54) is 6.08 Å². The van der Waals surface area contributed by atoms with Crippen LogP contribution in [0.2, 0.25) is 0 Å². The predicted octanol–water partition coefficient (Wildman–Crippen LogP) is 1.55. The molecule has 12 heavy (non-hydrogen) atoms. The van der Waals surface area contributed by atoms with Crippen molar-refractivity contribution in [1.29, 1.82) is 0 Å². The zero-order valence-corrected chi connectivity index (χ0v) is 7.29. The summed E-state index contributed by atoms with van der Waals surface area (Å²) in [6.07, 6.45) is 3.09. The van der Waals surface area contributed by atoms with E-state index in [9.17, 15) is 4.79 Å². The fraction of sp³-hybridized carbons (Fsp3) is 0.500. The maximum Gasteiger partial charge on any atom is 0.235 e. The number of hydrogen-bond donors (Lipinski definition) is 0. The number of aromatic nitrogens is 1. The van der Waals surface area contributed by atoms with Crippen molar-refractivity contribution in [2.24, 2.45) is 4.99 Å². The van der Waals surface area contributed by atoms with Crippen molar-refractivity contribution < 1.29 is 9.32 Å². The Morgan fingerprint density at radius 1 is 1.67 bits per heavy atom. The average molecular weight is 166 g/mol. The second kappa shape index (κ2) is 2.91. The van der Waals surface area contributed by atoms with E-state index in [1.54, 1.807) is 27.0 Å². The Hall–Kier alpha value is -1.41. The van der Waals surface area contributed by atoms with Crippen LogP contribution in [-0.2, 0) is 10.3 Å². The number of hydrogen-bond acceptors (Lipinski definition) is 4. The molecule has 0 aromatic carbocycles. The largest absolute Gasteiger partial charge is 0.361 e. The zero-order valence-electron chi connectivity index (χ0n) is 7.29. The first kappa shape index (κ1) is 8.68. The summed E-state index contributed by atoms with van der Waals surface area (Å²) in [6.45, 7) is 5.39. The standard InChI is InChI=1S/C8H10N2O2/c1-6-7(4-10-12-6)8(2,3)9-5-11/h4H,1-3H3. The molecule has 0 spiro atoms. The van der Waals surface area contributed by atoms with Gasteiger partial charge in [-0.1, -0.05) is 5.16 Å². The molecule has 4 heteroatoms. The highest BCUT2D eigenvalue weighted by Gasteiger charge is 2.24. The van der Waals surface area contributed by atoms with Crippen LogP contribution in [0.3, 0.4) is 0 Å². The maximum absolute atomic E-state index is 10.1. The molecule has 0 N–H and O–H groups in total. The molecule has 0 unspecified atom stereocenters.